The summed E-state index contributed by atoms with van der Waals surface area (Å²) in [5.41, 5.74) is 5.13. The first-order valence-corrected chi connectivity index (χ1v) is 9.46. The third kappa shape index (κ3) is 4.52. The van der Waals surface area contributed by atoms with Crippen molar-refractivity contribution in [2.24, 2.45) is 0 Å². The lowest BCUT2D eigenvalue weighted by Crippen LogP contribution is -2.15. The zero-order chi connectivity index (χ0) is 18.5. The zero-order valence-corrected chi connectivity index (χ0v) is 15.9. The summed E-state index contributed by atoms with van der Waals surface area (Å²) in [6.07, 6.45) is 0.868. The number of anilines is 1. The molecular formula is C20H21N3O2S. The zero-order valence-electron chi connectivity index (χ0n) is 15.1. The largest absolute Gasteiger partial charge is 0.411 e. The quantitative estimate of drug-likeness (QED) is 0.643. The third-order valence-corrected chi connectivity index (χ3v) is 4.69. The monoisotopic (exact) mass is 367 g/mol. The van der Waals surface area contributed by atoms with Gasteiger partial charge in [-0.3, -0.25) is 4.79 Å². The van der Waals surface area contributed by atoms with Crippen LogP contribution in [0.25, 0.3) is 11.5 Å². The Hall–Kier alpha value is -2.60. The first kappa shape index (κ1) is 18.2. The predicted octanol–water partition coefficient (Wildman–Crippen LogP) is 4.65. The molecule has 1 heterocycles. The summed E-state index contributed by atoms with van der Waals surface area (Å²) in [7, 11) is 0. The maximum atomic E-state index is 12.2. The fourth-order valence-corrected chi connectivity index (χ4v) is 3.31. The van der Waals surface area contributed by atoms with E-state index in [1.165, 1.54) is 11.8 Å². The minimum atomic E-state index is -0.0953. The van der Waals surface area contributed by atoms with Crippen LogP contribution in [0.2, 0.25) is 0 Å². The van der Waals surface area contributed by atoms with Gasteiger partial charge in [-0.25, -0.2) is 0 Å². The normalized spacial score (nSPS) is 10.7. The Morgan fingerprint density at radius 2 is 1.85 bits per heavy atom. The van der Waals surface area contributed by atoms with Crippen LogP contribution in [0, 0.1) is 13.8 Å². The van der Waals surface area contributed by atoms with E-state index in [1.54, 1.807) is 0 Å². The maximum Gasteiger partial charge on any atom is 0.277 e. The average Bonchev–Trinajstić information content (AvgIpc) is 3.09. The molecule has 3 rings (SSSR count). The van der Waals surface area contributed by atoms with E-state index in [9.17, 15) is 4.79 Å². The predicted molar refractivity (Wildman–Crippen MR) is 104 cm³/mol. The third-order valence-electron chi connectivity index (χ3n) is 3.87. The Morgan fingerprint density at radius 3 is 2.58 bits per heavy atom. The Balaban J connectivity index is 1.62. The number of benzene rings is 2. The smallest absolute Gasteiger partial charge is 0.277 e. The minimum Gasteiger partial charge on any atom is -0.411 e. The second-order valence-corrected chi connectivity index (χ2v) is 7.02. The summed E-state index contributed by atoms with van der Waals surface area (Å²) in [5, 5.41) is 11.4. The van der Waals surface area contributed by atoms with Gasteiger partial charge in [-0.05, 0) is 44.0 Å². The molecule has 0 saturated carbocycles. The van der Waals surface area contributed by atoms with Crippen LogP contribution in [0.1, 0.15) is 23.6 Å². The molecule has 0 aliphatic rings. The van der Waals surface area contributed by atoms with Gasteiger partial charge in [0.15, 0.2) is 0 Å². The van der Waals surface area contributed by atoms with Gasteiger partial charge < -0.3 is 9.73 Å². The Morgan fingerprint density at radius 1 is 1.12 bits per heavy atom. The lowest BCUT2D eigenvalue weighted by molar-refractivity contribution is -0.113. The molecule has 0 atom stereocenters. The highest BCUT2D eigenvalue weighted by Crippen LogP contribution is 2.25. The van der Waals surface area contributed by atoms with E-state index in [4.69, 9.17) is 4.42 Å². The summed E-state index contributed by atoms with van der Waals surface area (Å²) in [6, 6.07) is 13.9. The van der Waals surface area contributed by atoms with E-state index in [2.05, 4.69) is 28.5 Å². The fourth-order valence-electron chi connectivity index (χ4n) is 2.75. The number of thioether (sulfide) groups is 1. The van der Waals surface area contributed by atoms with Crippen LogP contribution in [0.4, 0.5) is 5.69 Å². The van der Waals surface area contributed by atoms with Crippen molar-refractivity contribution in [1.82, 2.24) is 10.2 Å². The number of para-hydroxylation sites is 1. The lowest BCUT2D eigenvalue weighted by atomic mass is 10.1. The maximum absolute atomic E-state index is 12.2. The van der Waals surface area contributed by atoms with E-state index in [-0.39, 0.29) is 11.7 Å². The second-order valence-electron chi connectivity index (χ2n) is 6.10. The van der Waals surface area contributed by atoms with Crippen molar-refractivity contribution < 1.29 is 9.21 Å². The number of amides is 1. The summed E-state index contributed by atoms with van der Waals surface area (Å²) >= 11 is 1.23. The topological polar surface area (TPSA) is 68.0 Å². The van der Waals surface area contributed by atoms with E-state index in [0.29, 0.717) is 11.1 Å². The van der Waals surface area contributed by atoms with Crippen LogP contribution >= 0.6 is 11.8 Å². The highest BCUT2D eigenvalue weighted by molar-refractivity contribution is 7.99. The SMILES string of the molecule is CCc1ccccc1NC(=O)CSc1nnc(-c2cc(C)cc(C)c2)o1. The number of carbonyl (C=O) groups is 1. The van der Waals surface area contributed by atoms with Crippen LogP contribution in [0.3, 0.4) is 0 Å². The molecule has 0 aliphatic heterocycles. The van der Waals surface area contributed by atoms with Gasteiger partial charge in [-0.2, -0.15) is 0 Å². The van der Waals surface area contributed by atoms with Crippen molar-refractivity contribution in [3.05, 3.63) is 59.2 Å². The van der Waals surface area contributed by atoms with Crippen molar-refractivity contribution in [3.8, 4) is 11.5 Å². The van der Waals surface area contributed by atoms with Crippen LogP contribution in [-0.4, -0.2) is 21.9 Å². The van der Waals surface area contributed by atoms with Gasteiger partial charge in [-0.15, -0.1) is 10.2 Å². The molecule has 1 aromatic heterocycles. The van der Waals surface area contributed by atoms with Gasteiger partial charge in [0.05, 0.1) is 5.75 Å². The van der Waals surface area contributed by atoms with Crippen LogP contribution in [-0.2, 0) is 11.2 Å². The number of nitrogens with zero attached hydrogens (tertiary/aromatic N) is 2. The van der Waals surface area contributed by atoms with Gasteiger partial charge in [0, 0.05) is 11.3 Å². The number of carbonyl (C=O) groups excluding carboxylic acids is 1. The van der Waals surface area contributed by atoms with Crippen molar-refractivity contribution in [2.75, 3.05) is 11.1 Å². The molecule has 0 saturated heterocycles. The molecule has 1 amide bonds. The standard InChI is InChI=1S/C20H21N3O2S/c1-4-15-7-5-6-8-17(15)21-18(24)12-26-20-23-22-19(25-20)16-10-13(2)9-14(3)11-16/h5-11H,4,12H2,1-3H3,(H,21,24). The molecule has 5 nitrogen and oxygen atoms in total. The number of hydrogen-bond donors (Lipinski definition) is 1. The highest BCUT2D eigenvalue weighted by Gasteiger charge is 2.12. The Kier molecular flexibility index (Phi) is 5.73. The van der Waals surface area contributed by atoms with Crippen molar-refractivity contribution in [1.29, 1.82) is 0 Å². The van der Waals surface area contributed by atoms with E-state index in [0.717, 1.165) is 34.4 Å². The van der Waals surface area contributed by atoms with Crippen LogP contribution in [0.5, 0.6) is 0 Å². The average molecular weight is 367 g/mol. The number of nitrogens with one attached hydrogen (secondary N) is 1. The molecule has 0 bridgehead atoms. The van der Waals surface area contributed by atoms with Gasteiger partial charge in [0.25, 0.3) is 5.22 Å². The van der Waals surface area contributed by atoms with E-state index in [1.807, 2.05) is 50.2 Å². The van der Waals surface area contributed by atoms with Crippen molar-refractivity contribution in [2.45, 2.75) is 32.4 Å². The molecule has 2 aromatic carbocycles. The number of hydrogen-bond acceptors (Lipinski definition) is 5. The molecule has 0 radical (unpaired) electrons. The molecule has 6 heteroatoms. The van der Waals surface area contributed by atoms with Gasteiger partial charge in [0.1, 0.15) is 0 Å². The van der Waals surface area contributed by atoms with Crippen molar-refractivity contribution in [3.63, 3.8) is 0 Å². The van der Waals surface area contributed by atoms with E-state index >= 15 is 0 Å². The summed E-state index contributed by atoms with van der Waals surface area (Å²) < 4.78 is 5.69. The summed E-state index contributed by atoms with van der Waals surface area (Å²) in [4.78, 5) is 12.2. The summed E-state index contributed by atoms with van der Waals surface area (Å²) in [6.45, 7) is 6.12. The number of aryl methyl sites for hydroxylation is 3. The van der Waals surface area contributed by atoms with E-state index < -0.39 is 0 Å². The molecule has 0 fully saturated rings. The van der Waals surface area contributed by atoms with Gasteiger partial charge >= 0.3 is 0 Å². The Bertz CT molecular complexity index is 901. The molecule has 26 heavy (non-hydrogen) atoms. The highest BCUT2D eigenvalue weighted by atomic mass is 32.2. The Labute approximate surface area is 157 Å². The molecule has 1 N–H and O–H groups in total. The number of rotatable bonds is 6. The molecular weight excluding hydrogens is 346 g/mol. The van der Waals surface area contributed by atoms with Crippen molar-refractivity contribution >= 4 is 23.4 Å². The minimum absolute atomic E-state index is 0.0953. The van der Waals surface area contributed by atoms with Crippen LogP contribution < -0.4 is 5.32 Å². The van der Waals surface area contributed by atoms with Gasteiger partial charge in [0.2, 0.25) is 11.8 Å². The molecule has 3 aromatic rings. The summed E-state index contributed by atoms with van der Waals surface area (Å²) in [5.74, 6) is 0.588. The molecule has 0 spiro atoms. The molecule has 0 unspecified atom stereocenters. The number of aromatic nitrogens is 2. The molecule has 0 aliphatic carbocycles. The van der Waals surface area contributed by atoms with Gasteiger partial charge in [-0.1, -0.05) is 54.1 Å². The second kappa shape index (κ2) is 8.19. The molecule has 134 valence electrons. The lowest BCUT2D eigenvalue weighted by Gasteiger charge is -2.08. The fraction of sp³-hybridized carbons (Fsp3) is 0.250. The van der Waals surface area contributed by atoms with Crippen LogP contribution in [0.15, 0.2) is 52.1 Å². The first-order valence-electron chi connectivity index (χ1n) is 8.48. The first-order chi connectivity index (χ1) is 12.5.